The normalized spacial score (nSPS) is 19.0. The Bertz CT molecular complexity index is 429. The van der Waals surface area contributed by atoms with Gasteiger partial charge in [-0.3, -0.25) is 19.6 Å². The molecule has 22 heavy (non-hydrogen) atoms. The molecule has 1 aromatic heterocycles. The summed E-state index contributed by atoms with van der Waals surface area (Å²) in [4.78, 5) is 18.8. The number of rotatable bonds is 4. The molecular formula is C17H27N3O2. The quantitative estimate of drug-likeness (QED) is 0.925. The van der Waals surface area contributed by atoms with Gasteiger partial charge in [-0.25, -0.2) is 0 Å². The van der Waals surface area contributed by atoms with Crippen molar-refractivity contribution < 1.29 is 9.90 Å². The first-order chi connectivity index (χ1) is 10.6. The van der Waals surface area contributed by atoms with E-state index in [2.05, 4.69) is 28.0 Å². The molecule has 3 heterocycles. The van der Waals surface area contributed by atoms with Crippen molar-refractivity contribution in [3.63, 3.8) is 0 Å². The molecule has 0 spiro atoms. The Morgan fingerprint density at radius 3 is 1.73 bits per heavy atom. The molecule has 2 saturated heterocycles. The van der Waals surface area contributed by atoms with Crippen LogP contribution in [-0.4, -0.2) is 52.0 Å². The van der Waals surface area contributed by atoms with Gasteiger partial charge < -0.3 is 5.11 Å². The minimum atomic E-state index is -0.833. The van der Waals surface area contributed by atoms with Gasteiger partial charge in [-0.2, -0.15) is 0 Å². The molecule has 0 aromatic carbocycles. The standard InChI is InChI=1S/C15H23N3.C2H4O2/c1-2-9-17(8-1)12-14-6-5-7-15(16-14)13-18-10-3-4-11-18;1-2(3)4/h5-7H,1-4,8-13H2;1H3,(H,3,4). The van der Waals surface area contributed by atoms with Gasteiger partial charge in [0, 0.05) is 20.0 Å². The minimum Gasteiger partial charge on any atom is -0.481 e. The highest BCUT2D eigenvalue weighted by Gasteiger charge is 2.14. The van der Waals surface area contributed by atoms with E-state index in [-0.39, 0.29) is 0 Å². The summed E-state index contributed by atoms with van der Waals surface area (Å²) in [5.74, 6) is -0.833. The second kappa shape index (κ2) is 8.86. The van der Waals surface area contributed by atoms with Crippen LogP contribution in [0.1, 0.15) is 44.0 Å². The van der Waals surface area contributed by atoms with Gasteiger partial charge in [0.25, 0.3) is 5.97 Å². The number of aliphatic carboxylic acids is 1. The van der Waals surface area contributed by atoms with Crippen molar-refractivity contribution >= 4 is 5.97 Å². The van der Waals surface area contributed by atoms with Gasteiger partial charge in [-0.15, -0.1) is 0 Å². The number of carboxylic acid groups (broad SMARTS) is 1. The second-order valence-electron chi connectivity index (χ2n) is 6.11. The molecule has 1 aromatic rings. The lowest BCUT2D eigenvalue weighted by atomic mass is 10.2. The summed E-state index contributed by atoms with van der Waals surface area (Å²) >= 11 is 0. The largest absolute Gasteiger partial charge is 0.481 e. The zero-order chi connectivity index (χ0) is 15.8. The number of pyridine rings is 1. The van der Waals surface area contributed by atoms with Gasteiger partial charge >= 0.3 is 0 Å². The van der Waals surface area contributed by atoms with Crippen molar-refractivity contribution in [3.8, 4) is 0 Å². The van der Waals surface area contributed by atoms with Gasteiger partial charge in [0.15, 0.2) is 0 Å². The van der Waals surface area contributed by atoms with E-state index in [9.17, 15) is 0 Å². The zero-order valence-corrected chi connectivity index (χ0v) is 13.5. The van der Waals surface area contributed by atoms with Crippen molar-refractivity contribution in [1.82, 2.24) is 14.8 Å². The molecule has 0 saturated carbocycles. The van der Waals surface area contributed by atoms with Crippen molar-refractivity contribution in [2.24, 2.45) is 0 Å². The van der Waals surface area contributed by atoms with E-state index < -0.39 is 5.97 Å². The molecule has 0 unspecified atom stereocenters. The highest BCUT2D eigenvalue weighted by Crippen LogP contribution is 2.14. The first-order valence-corrected chi connectivity index (χ1v) is 8.22. The van der Waals surface area contributed by atoms with Crippen LogP contribution in [0.3, 0.4) is 0 Å². The molecule has 122 valence electrons. The van der Waals surface area contributed by atoms with Gasteiger partial charge in [0.1, 0.15) is 0 Å². The molecule has 1 N–H and O–H groups in total. The van der Waals surface area contributed by atoms with Gasteiger partial charge in [-0.1, -0.05) is 6.07 Å². The Hall–Kier alpha value is -1.46. The van der Waals surface area contributed by atoms with Gasteiger partial charge in [-0.05, 0) is 64.0 Å². The lowest BCUT2D eigenvalue weighted by Gasteiger charge is -2.16. The fourth-order valence-electron chi connectivity index (χ4n) is 3.05. The average Bonchev–Trinajstić information content (AvgIpc) is 3.12. The molecule has 5 nitrogen and oxygen atoms in total. The fraction of sp³-hybridized carbons (Fsp3) is 0.647. The maximum absolute atomic E-state index is 9.00. The number of hydrogen-bond acceptors (Lipinski definition) is 4. The van der Waals surface area contributed by atoms with Crippen molar-refractivity contribution in [2.75, 3.05) is 26.2 Å². The lowest BCUT2D eigenvalue weighted by molar-refractivity contribution is -0.134. The molecule has 0 bridgehead atoms. The van der Waals surface area contributed by atoms with E-state index in [0.717, 1.165) is 20.0 Å². The third-order valence-corrected chi connectivity index (χ3v) is 4.03. The Morgan fingerprint density at radius 1 is 1.00 bits per heavy atom. The smallest absolute Gasteiger partial charge is 0.300 e. The van der Waals surface area contributed by atoms with Crippen LogP contribution in [0, 0.1) is 0 Å². The van der Waals surface area contributed by atoms with E-state index in [1.54, 1.807) is 0 Å². The zero-order valence-electron chi connectivity index (χ0n) is 13.5. The van der Waals surface area contributed by atoms with E-state index in [1.165, 1.54) is 63.3 Å². The van der Waals surface area contributed by atoms with Crippen molar-refractivity contribution in [2.45, 2.75) is 45.7 Å². The number of hydrogen-bond donors (Lipinski definition) is 1. The number of aromatic nitrogens is 1. The number of carboxylic acids is 1. The van der Waals surface area contributed by atoms with E-state index >= 15 is 0 Å². The third-order valence-electron chi connectivity index (χ3n) is 4.03. The highest BCUT2D eigenvalue weighted by atomic mass is 16.4. The summed E-state index contributed by atoms with van der Waals surface area (Å²) in [6.07, 6.45) is 5.42. The summed E-state index contributed by atoms with van der Waals surface area (Å²) in [7, 11) is 0. The maximum Gasteiger partial charge on any atom is 0.300 e. The molecule has 0 atom stereocenters. The van der Waals surface area contributed by atoms with Gasteiger partial charge in [0.2, 0.25) is 0 Å². The summed E-state index contributed by atoms with van der Waals surface area (Å²) < 4.78 is 0. The number of carbonyl (C=O) groups is 1. The van der Waals surface area contributed by atoms with Crippen LogP contribution >= 0.6 is 0 Å². The maximum atomic E-state index is 9.00. The van der Waals surface area contributed by atoms with E-state index in [0.29, 0.717) is 0 Å². The summed E-state index contributed by atoms with van der Waals surface area (Å²) in [5.41, 5.74) is 2.49. The Labute approximate surface area is 132 Å². The second-order valence-corrected chi connectivity index (χ2v) is 6.11. The first kappa shape index (κ1) is 16.9. The van der Waals surface area contributed by atoms with Crippen LogP contribution in [0.5, 0.6) is 0 Å². The van der Waals surface area contributed by atoms with Crippen molar-refractivity contribution in [3.05, 3.63) is 29.6 Å². The fourth-order valence-corrected chi connectivity index (χ4v) is 3.05. The first-order valence-electron chi connectivity index (χ1n) is 8.22. The van der Waals surface area contributed by atoms with E-state index in [4.69, 9.17) is 14.9 Å². The van der Waals surface area contributed by atoms with Crippen LogP contribution < -0.4 is 0 Å². The summed E-state index contributed by atoms with van der Waals surface area (Å²) in [6.45, 7) is 8.15. The van der Waals surface area contributed by atoms with E-state index in [1.807, 2.05) is 0 Å². The monoisotopic (exact) mass is 305 g/mol. The van der Waals surface area contributed by atoms with Crippen LogP contribution in [0.15, 0.2) is 18.2 Å². The van der Waals surface area contributed by atoms with Crippen LogP contribution in [0.25, 0.3) is 0 Å². The third kappa shape index (κ3) is 6.12. The molecule has 2 aliphatic heterocycles. The van der Waals surface area contributed by atoms with Crippen LogP contribution in [-0.2, 0) is 17.9 Å². The molecular weight excluding hydrogens is 278 g/mol. The SMILES string of the molecule is CC(=O)O.c1cc(CN2CCCC2)nc(CN2CCCC2)c1. The number of nitrogens with zero attached hydrogens (tertiary/aromatic N) is 3. The summed E-state index contributed by atoms with van der Waals surface area (Å²) in [6, 6.07) is 6.52. The van der Waals surface area contributed by atoms with Crippen LogP contribution in [0.4, 0.5) is 0 Å². The topological polar surface area (TPSA) is 56.7 Å². The molecule has 0 aliphatic carbocycles. The molecule has 2 fully saturated rings. The molecule has 5 heteroatoms. The Morgan fingerprint density at radius 2 is 1.36 bits per heavy atom. The molecule has 2 aliphatic rings. The predicted octanol–water partition coefficient (Wildman–Crippen LogP) is 2.36. The molecule has 3 rings (SSSR count). The summed E-state index contributed by atoms with van der Waals surface area (Å²) in [5, 5.41) is 7.42. The Kier molecular flexibility index (Phi) is 6.80. The molecule has 0 radical (unpaired) electrons. The molecule has 0 amide bonds. The van der Waals surface area contributed by atoms with Crippen molar-refractivity contribution in [1.29, 1.82) is 0 Å². The lowest BCUT2D eigenvalue weighted by Crippen LogP contribution is -2.21. The van der Waals surface area contributed by atoms with Crippen LogP contribution in [0.2, 0.25) is 0 Å². The highest BCUT2D eigenvalue weighted by molar-refractivity contribution is 5.62. The number of likely N-dealkylation sites (tertiary alicyclic amines) is 2. The van der Waals surface area contributed by atoms with Gasteiger partial charge in [0.05, 0.1) is 11.4 Å². The predicted molar refractivity (Wildman–Crippen MR) is 86.6 cm³/mol. The average molecular weight is 305 g/mol. The minimum absolute atomic E-state index is 0.833. The Balaban J connectivity index is 0.000000396.